The lowest BCUT2D eigenvalue weighted by Gasteiger charge is -2.15. The van der Waals surface area contributed by atoms with Crippen LogP contribution in [0.1, 0.15) is 37.3 Å². The van der Waals surface area contributed by atoms with Gasteiger partial charge in [-0.3, -0.25) is 0 Å². The smallest absolute Gasteiger partial charge is 0.419 e. The summed E-state index contributed by atoms with van der Waals surface area (Å²) in [6, 6.07) is 12.1. The maximum Gasteiger partial charge on any atom is 0.419 e. The quantitative estimate of drug-likeness (QED) is 0.0808. The van der Waals surface area contributed by atoms with Crippen molar-refractivity contribution in [3.8, 4) is 39.4 Å². The molecular formula is C36H26F8N2O. The van der Waals surface area contributed by atoms with Crippen LogP contribution in [0.2, 0.25) is 0 Å². The van der Waals surface area contributed by atoms with E-state index in [1.54, 1.807) is 36.7 Å². The minimum atomic E-state index is -4.15. The zero-order valence-corrected chi connectivity index (χ0v) is 24.8. The highest BCUT2D eigenvalue weighted by Crippen LogP contribution is 2.32. The first-order valence-corrected chi connectivity index (χ1v) is 14.6. The summed E-state index contributed by atoms with van der Waals surface area (Å²) in [7, 11) is 0. The van der Waals surface area contributed by atoms with Crippen molar-refractivity contribution in [3.63, 3.8) is 0 Å². The van der Waals surface area contributed by atoms with Gasteiger partial charge >= 0.3 is 6.11 Å². The van der Waals surface area contributed by atoms with E-state index in [-0.39, 0.29) is 17.2 Å². The van der Waals surface area contributed by atoms with E-state index in [1.807, 2.05) is 0 Å². The van der Waals surface area contributed by atoms with Crippen LogP contribution in [-0.2, 0) is 6.42 Å². The Morgan fingerprint density at radius 1 is 0.660 bits per heavy atom. The van der Waals surface area contributed by atoms with Gasteiger partial charge < -0.3 is 4.74 Å². The van der Waals surface area contributed by atoms with E-state index in [1.165, 1.54) is 0 Å². The molecule has 0 saturated carbocycles. The van der Waals surface area contributed by atoms with Gasteiger partial charge in [0.15, 0.2) is 23.3 Å². The molecule has 5 rings (SSSR count). The summed E-state index contributed by atoms with van der Waals surface area (Å²) in [5.74, 6) is -8.51. The van der Waals surface area contributed by atoms with E-state index in [0.29, 0.717) is 41.2 Å². The first-order valence-electron chi connectivity index (χ1n) is 14.6. The van der Waals surface area contributed by atoms with Crippen LogP contribution >= 0.6 is 0 Å². The molecule has 0 unspecified atom stereocenters. The van der Waals surface area contributed by atoms with Gasteiger partial charge in [-0.15, -0.1) is 0 Å². The molecule has 0 bridgehead atoms. The fourth-order valence-corrected chi connectivity index (χ4v) is 4.81. The molecule has 0 N–H and O–H groups in total. The van der Waals surface area contributed by atoms with Crippen molar-refractivity contribution in [1.29, 1.82) is 0 Å². The number of halogens is 8. The highest BCUT2D eigenvalue weighted by Gasteiger charge is 2.29. The van der Waals surface area contributed by atoms with Crippen LogP contribution in [0.5, 0.6) is 5.75 Å². The zero-order chi connectivity index (χ0) is 33.7. The van der Waals surface area contributed by atoms with E-state index < -0.39 is 57.9 Å². The van der Waals surface area contributed by atoms with Gasteiger partial charge in [-0.25, -0.2) is 36.3 Å². The predicted molar refractivity (Wildman–Crippen MR) is 162 cm³/mol. The molecule has 0 fully saturated rings. The Kier molecular flexibility index (Phi) is 10.0. The van der Waals surface area contributed by atoms with Crippen LogP contribution in [0.15, 0.2) is 85.2 Å². The second-order valence-corrected chi connectivity index (χ2v) is 10.7. The standard InChI is InChI=1S/C36H26F8N2O/c1-2-3-4-5-21-19-45-35(46-20-21)23-8-6-22(7-9-23)24-14-29(37)28(30(38)15-24)12-13-36(43,44)47-26-10-11-27(31(39)18-26)25-16-32(40)34(42)33(41)17-25/h6-20H,2-5H2,1H3. The van der Waals surface area contributed by atoms with Gasteiger partial charge in [0.25, 0.3) is 0 Å². The number of hydrogen-bond acceptors (Lipinski definition) is 3. The lowest BCUT2D eigenvalue weighted by Crippen LogP contribution is -2.21. The molecule has 242 valence electrons. The summed E-state index contributed by atoms with van der Waals surface area (Å²) in [6.07, 6.45) is 4.17. The lowest BCUT2D eigenvalue weighted by molar-refractivity contribution is -0.131. The molecular weight excluding hydrogens is 628 g/mol. The Morgan fingerprint density at radius 3 is 1.85 bits per heavy atom. The normalized spacial score (nSPS) is 11.8. The van der Waals surface area contributed by atoms with Gasteiger partial charge in [0.05, 0.1) is 0 Å². The van der Waals surface area contributed by atoms with Gasteiger partial charge in [-0.05, 0) is 77.6 Å². The highest BCUT2D eigenvalue weighted by atomic mass is 19.3. The van der Waals surface area contributed by atoms with E-state index in [9.17, 15) is 35.1 Å². The molecule has 0 atom stereocenters. The van der Waals surface area contributed by atoms with E-state index >= 15 is 0 Å². The summed E-state index contributed by atoms with van der Waals surface area (Å²) >= 11 is 0. The van der Waals surface area contributed by atoms with Gasteiger partial charge in [-0.2, -0.15) is 8.78 Å². The van der Waals surface area contributed by atoms with Gasteiger partial charge in [0.2, 0.25) is 0 Å². The SMILES string of the molecule is CCCCCc1cnc(-c2ccc(-c3cc(F)c(C=CC(F)(F)Oc4ccc(-c5cc(F)c(F)c(F)c5)c(F)c4)c(F)c3)cc2)nc1. The van der Waals surface area contributed by atoms with Crippen molar-refractivity contribution in [2.24, 2.45) is 0 Å². The minimum absolute atomic E-state index is 0.0919. The number of alkyl halides is 2. The van der Waals surface area contributed by atoms with Gasteiger partial charge in [0, 0.05) is 41.2 Å². The first-order chi connectivity index (χ1) is 22.4. The molecule has 5 aromatic rings. The van der Waals surface area contributed by atoms with Crippen molar-refractivity contribution in [1.82, 2.24) is 9.97 Å². The summed E-state index contributed by atoms with van der Waals surface area (Å²) < 4.78 is 118. The number of aromatic nitrogens is 2. The zero-order valence-electron chi connectivity index (χ0n) is 24.8. The fraction of sp³-hybridized carbons (Fsp3) is 0.167. The van der Waals surface area contributed by atoms with Gasteiger partial charge in [0.1, 0.15) is 23.2 Å². The first kappa shape index (κ1) is 33.3. The molecule has 1 heterocycles. The molecule has 3 nitrogen and oxygen atoms in total. The molecule has 4 aromatic carbocycles. The van der Waals surface area contributed by atoms with Crippen LogP contribution in [-0.4, -0.2) is 16.1 Å². The molecule has 1 aromatic heterocycles. The second-order valence-electron chi connectivity index (χ2n) is 10.7. The lowest BCUT2D eigenvalue weighted by atomic mass is 10.0. The second kappa shape index (κ2) is 14.1. The average Bonchev–Trinajstić information content (AvgIpc) is 3.03. The van der Waals surface area contributed by atoms with Crippen molar-refractivity contribution in [3.05, 3.63) is 131 Å². The molecule has 0 radical (unpaired) electrons. The Morgan fingerprint density at radius 2 is 1.26 bits per heavy atom. The molecule has 0 spiro atoms. The number of nitrogens with zero attached hydrogens (tertiary/aromatic N) is 2. The van der Waals surface area contributed by atoms with E-state index in [2.05, 4.69) is 21.6 Å². The van der Waals surface area contributed by atoms with Crippen molar-refractivity contribution < 1.29 is 39.9 Å². The third kappa shape index (κ3) is 8.03. The van der Waals surface area contributed by atoms with E-state index in [0.717, 1.165) is 55.5 Å². The third-order valence-electron chi connectivity index (χ3n) is 7.26. The van der Waals surface area contributed by atoms with Crippen molar-refractivity contribution >= 4 is 6.08 Å². The monoisotopic (exact) mass is 654 g/mol. The number of aryl methyl sites for hydroxylation is 1. The Labute approximate surface area is 265 Å². The molecule has 0 aliphatic heterocycles. The Balaban J connectivity index is 1.27. The molecule has 47 heavy (non-hydrogen) atoms. The van der Waals surface area contributed by atoms with Crippen molar-refractivity contribution in [2.75, 3.05) is 0 Å². The van der Waals surface area contributed by atoms with Crippen molar-refractivity contribution in [2.45, 2.75) is 38.7 Å². The fourth-order valence-electron chi connectivity index (χ4n) is 4.81. The summed E-state index contributed by atoms with van der Waals surface area (Å²) in [5.41, 5.74) is 0.811. The number of ether oxygens (including phenoxy) is 1. The number of benzene rings is 4. The van der Waals surface area contributed by atoms with E-state index in [4.69, 9.17) is 0 Å². The van der Waals surface area contributed by atoms with Crippen LogP contribution in [0.25, 0.3) is 39.7 Å². The Bertz CT molecular complexity index is 1860. The van der Waals surface area contributed by atoms with Crippen LogP contribution in [0, 0.1) is 34.9 Å². The maximum absolute atomic E-state index is 14.9. The predicted octanol–water partition coefficient (Wildman–Crippen LogP) is 10.7. The number of unbranched alkanes of at least 4 members (excludes halogenated alkanes) is 2. The van der Waals surface area contributed by atoms with Crippen LogP contribution in [0.3, 0.4) is 0 Å². The Hall–Kier alpha value is -5.06. The number of hydrogen-bond donors (Lipinski definition) is 0. The third-order valence-corrected chi connectivity index (χ3v) is 7.26. The topological polar surface area (TPSA) is 35.0 Å². The van der Waals surface area contributed by atoms with Gasteiger partial charge in [-0.1, -0.05) is 44.0 Å². The maximum atomic E-state index is 14.9. The molecule has 0 aliphatic rings. The van der Waals surface area contributed by atoms with Crippen LogP contribution < -0.4 is 4.74 Å². The summed E-state index contributed by atoms with van der Waals surface area (Å²) in [4.78, 5) is 8.80. The number of rotatable bonds is 11. The van der Waals surface area contributed by atoms with Crippen LogP contribution in [0.4, 0.5) is 35.1 Å². The summed E-state index contributed by atoms with van der Waals surface area (Å²) in [5, 5.41) is 0. The highest BCUT2D eigenvalue weighted by molar-refractivity contribution is 5.70. The largest absolute Gasteiger partial charge is 0.429 e. The molecule has 0 saturated heterocycles. The molecule has 11 heteroatoms. The molecule has 0 amide bonds. The average molecular weight is 655 g/mol. The molecule has 0 aliphatic carbocycles. The minimum Gasteiger partial charge on any atom is -0.429 e. The summed E-state index contributed by atoms with van der Waals surface area (Å²) in [6.45, 7) is 2.13.